The quantitative estimate of drug-likeness (QED) is 0.719. The lowest BCUT2D eigenvalue weighted by Gasteiger charge is -2.14. The number of aryl methyl sites for hydroxylation is 1. The molecule has 2 nitrogen and oxygen atoms in total. The van der Waals surface area contributed by atoms with Crippen molar-refractivity contribution in [3.63, 3.8) is 0 Å². The van der Waals surface area contributed by atoms with Gasteiger partial charge in [-0.2, -0.15) is 0 Å². The van der Waals surface area contributed by atoms with Crippen LogP contribution in [-0.2, 0) is 6.42 Å². The molecule has 1 aromatic heterocycles. The number of hydrogen-bond donors (Lipinski definition) is 0. The van der Waals surface area contributed by atoms with Gasteiger partial charge in [0.15, 0.2) is 5.78 Å². The Morgan fingerprint density at radius 1 is 1.06 bits per heavy atom. The molecule has 4 heteroatoms. The highest BCUT2D eigenvalue weighted by Crippen LogP contribution is 2.30. The largest absolute Gasteiger partial charge is 0.292 e. The number of Topliss-reactive ketones (excluding diaryl/α,β-unsaturated/α-hetero) is 1. The van der Waals surface area contributed by atoms with Crippen molar-refractivity contribution in [1.82, 2.24) is 4.98 Å². The number of carbonyl (C=O) groups is 1. The van der Waals surface area contributed by atoms with E-state index in [1.54, 1.807) is 12.1 Å². The fourth-order valence-electron chi connectivity index (χ4n) is 2.20. The maximum Gasteiger partial charge on any atom is 0.181 e. The molecule has 1 aliphatic rings. The summed E-state index contributed by atoms with van der Waals surface area (Å²) < 4.78 is 0. The smallest absolute Gasteiger partial charge is 0.181 e. The van der Waals surface area contributed by atoms with Crippen molar-refractivity contribution in [1.29, 1.82) is 0 Å². The first kappa shape index (κ1) is 11.0. The summed E-state index contributed by atoms with van der Waals surface area (Å²) in [6.45, 7) is 0. The molecular formula is C13H9Cl2NO. The third kappa shape index (κ3) is 1.81. The van der Waals surface area contributed by atoms with Crippen molar-refractivity contribution in [3.8, 4) is 0 Å². The summed E-state index contributed by atoms with van der Waals surface area (Å²) in [4.78, 5) is 16.2. The second kappa shape index (κ2) is 3.97. The minimum Gasteiger partial charge on any atom is -0.292 e. The molecule has 0 bridgehead atoms. The molecule has 0 fully saturated rings. The Bertz CT molecular complexity index is 637. The van der Waals surface area contributed by atoms with Crippen molar-refractivity contribution >= 4 is 39.9 Å². The Morgan fingerprint density at radius 2 is 1.82 bits per heavy atom. The number of hydrogen-bond acceptors (Lipinski definition) is 2. The third-order valence-corrected chi connectivity index (χ3v) is 3.77. The lowest BCUT2D eigenvalue weighted by atomic mass is 9.94. The number of nitrogens with zero attached hydrogens (tertiary/aromatic N) is 1. The second-order valence-electron chi connectivity index (χ2n) is 4.23. The molecule has 0 N–H and O–H groups in total. The number of carbonyl (C=O) groups excluding carboxylic acids is 1. The van der Waals surface area contributed by atoms with Gasteiger partial charge in [-0.05, 0) is 36.6 Å². The van der Waals surface area contributed by atoms with E-state index in [0.29, 0.717) is 22.2 Å². The van der Waals surface area contributed by atoms with Crippen LogP contribution in [0, 0.1) is 0 Å². The van der Waals surface area contributed by atoms with Gasteiger partial charge in [0.05, 0.1) is 15.6 Å². The summed E-state index contributed by atoms with van der Waals surface area (Å²) >= 11 is 11.9. The van der Waals surface area contributed by atoms with E-state index in [-0.39, 0.29) is 5.78 Å². The standard InChI is InChI=1S/C13H9Cl2NO/c14-9-5-8-4-7-2-1-3-12(17)13(7)16-11(8)6-10(9)15/h4-6H,1-3H2. The fraction of sp³-hybridized carbons (Fsp3) is 0.231. The van der Waals surface area contributed by atoms with Crippen molar-refractivity contribution in [2.75, 3.05) is 0 Å². The third-order valence-electron chi connectivity index (χ3n) is 3.05. The van der Waals surface area contributed by atoms with Crippen LogP contribution in [0.5, 0.6) is 0 Å². The normalized spacial score (nSPS) is 15.1. The highest BCUT2D eigenvalue weighted by atomic mass is 35.5. The predicted octanol–water partition coefficient (Wildman–Crippen LogP) is 4.06. The van der Waals surface area contributed by atoms with E-state index in [9.17, 15) is 4.79 Å². The summed E-state index contributed by atoms with van der Waals surface area (Å²) in [5.74, 6) is 0.124. The van der Waals surface area contributed by atoms with Crippen LogP contribution in [0.2, 0.25) is 10.0 Å². The zero-order valence-electron chi connectivity index (χ0n) is 8.96. The van der Waals surface area contributed by atoms with Crippen LogP contribution >= 0.6 is 23.2 Å². The fourth-order valence-corrected chi connectivity index (χ4v) is 2.53. The van der Waals surface area contributed by atoms with E-state index in [2.05, 4.69) is 4.98 Å². The van der Waals surface area contributed by atoms with Crippen LogP contribution < -0.4 is 0 Å². The topological polar surface area (TPSA) is 30.0 Å². The first-order valence-corrected chi connectivity index (χ1v) is 6.22. The molecule has 3 rings (SSSR count). The van der Waals surface area contributed by atoms with Gasteiger partial charge in [-0.3, -0.25) is 4.79 Å². The van der Waals surface area contributed by atoms with E-state index in [1.807, 2.05) is 6.07 Å². The highest BCUT2D eigenvalue weighted by molar-refractivity contribution is 6.42. The van der Waals surface area contributed by atoms with Gasteiger partial charge in [-0.1, -0.05) is 23.2 Å². The zero-order chi connectivity index (χ0) is 12.0. The van der Waals surface area contributed by atoms with Crippen LogP contribution in [0.4, 0.5) is 0 Å². The Kier molecular flexibility index (Phi) is 2.57. The molecule has 17 heavy (non-hydrogen) atoms. The molecule has 1 aliphatic carbocycles. The van der Waals surface area contributed by atoms with E-state index in [0.717, 1.165) is 29.3 Å². The molecular weight excluding hydrogens is 257 g/mol. The zero-order valence-corrected chi connectivity index (χ0v) is 10.5. The van der Waals surface area contributed by atoms with Crippen LogP contribution in [-0.4, -0.2) is 10.8 Å². The van der Waals surface area contributed by atoms with E-state index < -0.39 is 0 Å². The van der Waals surface area contributed by atoms with Gasteiger partial charge < -0.3 is 0 Å². The number of benzene rings is 1. The molecule has 86 valence electrons. The average Bonchev–Trinajstić information content (AvgIpc) is 2.29. The van der Waals surface area contributed by atoms with Crippen molar-refractivity contribution in [3.05, 3.63) is 39.5 Å². The number of fused-ring (bicyclic) bond motifs is 2. The SMILES string of the molecule is O=C1CCCc2cc3cc(Cl)c(Cl)cc3nc21. The van der Waals surface area contributed by atoms with Crippen molar-refractivity contribution in [2.45, 2.75) is 19.3 Å². The Hall–Kier alpha value is -1.12. The molecule has 1 aromatic carbocycles. The molecule has 0 amide bonds. The minimum absolute atomic E-state index is 0.124. The summed E-state index contributed by atoms with van der Waals surface area (Å²) in [5.41, 5.74) is 2.35. The van der Waals surface area contributed by atoms with E-state index in [4.69, 9.17) is 23.2 Å². The number of pyridine rings is 1. The lowest BCUT2D eigenvalue weighted by molar-refractivity contribution is 0.0967. The Labute approximate surface area is 109 Å². The van der Waals surface area contributed by atoms with Crippen LogP contribution in [0.1, 0.15) is 28.9 Å². The lowest BCUT2D eigenvalue weighted by Crippen LogP contribution is -2.13. The van der Waals surface area contributed by atoms with E-state index in [1.165, 1.54) is 0 Å². The van der Waals surface area contributed by atoms with Crippen LogP contribution in [0.25, 0.3) is 10.9 Å². The van der Waals surface area contributed by atoms with Gasteiger partial charge in [-0.15, -0.1) is 0 Å². The first-order valence-electron chi connectivity index (χ1n) is 5.47. The Morgan fingerprint density at radius 3 is 2.65 bits per heavy atom. The summed E-state index contributed by atoms with van der Waals surface area (Å²) in [7, 11) is 0. The highest BCUT2D eigenvalue weighted by Gasteiger charge is 2.19. The number of halogens is 2. The maximum atomic E-state index is 11.8. The second-order valence-corrected chi connectivity index (χ2v) is 5.05. The molecule has 0 unspecified atom stereocenters. The summed E-state index contributed by atoms with van der Waals surface area (Å²) in [5, 5.41) is 1.92. The van der Waals surface area contributed by atoms with Crippen molar-refractivity contribution < 1.29 is 4.79 Å². The predicted molar refractivity (Wildman–Crippen MR) is 69.0 cm³/mol. The molecule has 0 radical (unpaired) electrons. The average molecular weight is 266 g/mol. The summed E-state index contributed by atoms with van der Waals surface area (Å²) in [6.07, 6.45) is 2.40. The number of ketones is 1. The molecule has 2 aromatic rings. The summed E-state index contributed by atoms with van der Waals surface area (Å²) in [6, 6.07) is 5.50. The van der Waals surface area contributed by atoms with E-state index >= 15 is 0 Å². The van der Waals surface area contributed by atoms with Gasteiger partial charge in [-0.25, -0.2) is 4.98 Å². The maximum absolute atomic E-state index is 11.8. The van der Waals surface area contributed by atoms with Gasteiger partial charge in [0.2, 0.25) is 0 Å². The molecule has 0 spiro atoms. The minimum atomic E-state index is 0.124. The molecule has 0 atom stereocenters. The van der Waals surface area contributed by atoms with Gasteiger partial charge >= 0.3 is 0 Å². The molecule has 0 saturated heterocycles. The monoisotopic (exact) mass is 265 g/mol. The van der Waals surface area contributed by atoms with Crippen molar-refractivity contribution in [2.24, 2.45) is 0 Å². The van der Waals surface area contributed by atoms with Gasteiger partial charge in [0.1, 0.15) is 5.69 Å². The first-order chi connectivity index (χ1) is 8.15. The molecule has 0 aliphatic heterocycles. The molecule has 1 heterocycles. The molecule has 0 saturated carbocycles. The number of aromatic nitrogens is 1. The van der Waals surface area contributed by atoms with Crippen LogP contribution in [0.3, 0.4) is 0 Å². The van der Waals surface area contributed by atoms with Gasteiger partial charge in [0.25, 0.3) is 0 Å². The van der Waals surface area contributed by atoms with Crippen LogP contribution in [0.15, 0.2) is 18.2 Å². The Balaban J connectivity index is 2.31. The van der Waals surface area contributed by atoms with Gasteiger partial charge in [0, 0.05) is 11.8 Å². The number of rotatable bonds is 0.